The highest BCUT2D eigenvalue weighted by Gasteiger charge is 2.26. The van der Waals surface area contributed by atoms with Crippen molar-refractivity contribution < 1.29 is 4.79 Å². The van der Waals surface area contributed by atoms with Crippen molar-refractivity contribution in [1.29, 1.82) is 0 Å². The van der Waals surface area contributed by atoms with Crippen molar-refractivity contribution in [3.8, 4) is 0 Å². The SMILES string of the molecule is Cn1nnc(CC(=O)C2CCC(CN)CC2)n1. The van der Waals surface area contributed by atoms with Gasteiger partial charge in [0.25, 0.3) is 0 Å². The second-order valence-electron chi connectivity index (χ2n) is 4.79. The van der Waals surface area contributed by atoms with Crippen LogP contribution in [0.1, 0.15) is 31.5 Å². The van der Waals surface area contributed by atoms with Crippen molar-refractivity contribution in [2.24, 2.45) is 24.6 Å². The molecule has 1 saturated carbocycles. The number of nitrogens with zero attached hydrogens (tertiary/aromatic N) is 4. The average molecular weight is 237 g/mol. The van der Waals surface area contributed by atoms with E-state index in [1.165, 1.54) is 4.80 Å². The van der Waals surface area contributed by atoms with Crippen LogP contribution in [-0.4, -0.2) is 32.5 Å². The first-order chi connectivity index (χ1) is 8.19. The van der Waals surface area contributed by atoms with Gasteiger partial charge in [-0.15, -0.1) is 10.2 Å². The Morgan fingerprint density at radius 1 is 1.41 bits per heavy atom. The molecule has 0 radical (unpaired) electrons. The maximum atomic E-state index is 12.0. The van der Waals surface area contributed by atoms with Crippen LogP contribution in [-0.2, 0) is 18.3 Å². The quantitative estimate of drug-likeness (QED) is 0.801. The molecule has 94 valence electrons. The Kier molecular flexibility index (Phi) is 3.83. The molecule has 1 aliphatic rings. The molecule has 1 aromatic rings. The number of aryl methyl sites for hydroxylation is 1. The Bertz CT molecular complexity index is 381. The van der Waals surface area contributed by atoms with Crippen molar-refractivity contribution in [2.75, 3.05) is 6.54 Å². The molecule has 0 aliphatic heterocycles. The molecule has 2 rings (SSSR count). The van der Waals surface area contributed by atoms with Gasteiger partial charge in [-0.2, -0.15) is 4.80 Å². The van der Waals surface area contributed by atoms with E-state index in [0.717, 1.165) is 32.2 Å². The fourth-order valence-corrected chi connectivity index (χ4v) is 2.41. The van der Waals surface area contributed by atoms with E-state index in [4.69, 9.17) is 5.73 Å². The Morgan fingerprint density at radius 2 is 2.12 bits per heavy atom. The second kappa shape index (κ2) is 5.35. The van der Waals surface area contributed by atoms with Crippen molar-refractivity contribution in [3.63, 3.8) is 0 Å². The smallest absolute Gasteiger partial charge is 0.182 e. The fraction of sp³-hybridized carbons (Fsp3) is 0.818. The summed E-state index contributed by atoms with van der Waals surface area (Å²) in [5.41, 5.74) is 5.64. The van der Waals surface area contributed by atoms with Crippen LogP contribution in [0.15, 0.2) is 0 Å². The molecule has 1 heterocycles. The Balaban J connectivity index is 1.85. The number of ketones is 1. The lowest BCUT2D eigenvalue weighted by molar-refractivity contribution is -0.123. The summed E-state index contributed by atoms with van der Waals surface area (Å²) in [5.74, 6) is 1.54. The van der Waals surface area contributed by atoms with E-state index in [9.17, 15) is 4.79 Å². The zero-order chi connectivity index (χ0) is 12.3. The summed E-state index contributed by atoms with van der Waals surface area (Å²) in [6, 6.07) is 0. The molecular weight excluding hydrogens is 218 g/mol. The van der Waals surface area contributed by atoms with Gasteiger partial charge in [-0.25, -0.2) is 0 Å². The number of nitrogens with two attached hydrogens (primary N) is 1. The molecule has 0 saturated heterocycles. The lowest BCUT2D eigenvalue weighted by Crippen LogP contribution is -2.26. The predicted octanol–water partition coefficient (Wildman–Crippen LogP) is 0.0868. The fourth-order valence-electron chi connectivity index (χ4n) is 2.41. The number of hydrogen-bond acceptors (Lipinski definition) is 5. The summed E-state index contributed by atoms with van der Waals surface area (Å²) >= 11 is 0. The maximum Gasteiger partial charge on any atom is 0.182 e. The number of hydrogen-bond donors (Lipinski definition) is 1. The Labute approximate surface area is 101 Å². The van der Waals surface area contributed by atoms with Gasteiger partial charge in [0.15, 0.2) is 5.82 Å². The first-order valence-corrected chi connectivity index (χ1v) is 6.14. The largest absolute Gasteiger partial charge is 0.330 e. The molecule has 1 aromatic heterocycles. The summed E-state index contributed by atoms with van der Waals surface area (Å²) < 4.78 is 0. The maximum absolute atomic E-state index is 12.0. The van der Waals surface area contributed by atoms with Gasteiger partial charge < -0.3 is 5.73 Å². The molecule has 0 spiro atoms. The summed E-state index contributed by atoms with van der Waals surface area (Å²) in [4.78, 5) is 13.4. The normalized spacial score (nSPS) is 24.8. The summed E-state index contributed by atoms with van der Waals surface area (Å²) in [5, 5.41) is 11.6. The van der Waals surface area contributed by atoms with Crippen LogP contribution in [0.3, 0.4) is 0 Å². The first kappa shape index (κ1) is 12.2. The zero-order valence-corrected chi connectivity index (χ0v) is 10.2. The number of tetrazole rings is 1. The molecule has 0 aromatic carbocycles. The van der Waals surface area contributed by atoms with Gasteiger partial charge in [0, 0.05) is 5.92 Å². The van der Waals surface area contributed by atoms with Crippen LogP contribution in [0, 0.1) is 11.8 Å². The van der Waals surface area contributed by atoms with Gasteiger partial charge >= 0.3 is 0 Å². The minimum Gasteiger partial charge on any atom is -0.330 e. The third-order valence-electron chi connectivity index (χ3n) is 3.52. The molecule has 1 fully saturated rings. The standard InChI is InChI=1S/C11H19N5O/c1-16-14-11(13-15-16)6-10(17)9-4-2-8(7-12)3-5-9/h8-9H,2-7,12H2,1H3. The van der Waals surface area contributed by atoms with Crippen LogP contribution in [0.5, 0.6) is 0 Å². The predicted molar refractivity (Wildman–Crippen MR) is 62.0 cm³/mol. The summed E-state index contributed by atoms with van der Waals surface area (Å²) in [6.07, 6.45) is 4.37. The molecule has 0 unspecified atom stereocenters. The third kappa shape index (κ3) is 3.09. The van der Waals surface area contributed by atoms with Crippen molar-refractivity contribution in [1.82, 2.24) is 20.2 Å². The van der Waals surface area contributed by atoms with E-state index in [1.54, 1.807) is 7.05 Å². The molecule has 6 nitrogen and oxygen atoms in total. The molecule has 0 amide bonds. The number of rotatable bonds is 4. The first-order valence-electron chi connectivity index (χ1n) is 6.14. The highest BCUT2D eigenvalue weighted by molar-refractivity contribution is 5.82. The van der Waals surface area contributed by atoms with Crippen molar-refractivity contribution in [3.05, 3.63) is 5.82 Å². The van der Waals surface area contributed by atoms with Crippen LogP contribution in [0.2, 0.25) is 0 Å². The van der Waals surface area contributed by atoms with Crippen LogP contribution < -0.4 is 5.73 Å². The number of carbonyl (C=O) groups excluding carboxylic acids is 1. The van der Waals surface area contributed by atoms with Gasteiger partial charge in [0.05, 0.1) is 13.5 Å². The number of carbonyl (C=O) groups is 1. The summed E-state index contributed by atoms with van der Waals surface area (Å²) in [6.45, 7) is 0.743. The molecule has 0 atom stereocenters. The van der Waals surface area contributed by atoms with E-state index >= 15 is 0 Å². The van der Waals surface area contributed by atoms with Crippen LogP contribution in [0.4, 0.5) is 0 Å². The molecular formula is C11H19N5O. The Morgan fingerprint density at radius 3 is 2.65 bits per heavy atom. The monoisotopic (exact) mass is 237 g/mol. The van der Waals surface area contributed by atoms with E-state index in [-0.39, 0.29) is 11.7 Å². The zero-order valence-electron chi connectivity index (χ0n) is 10.2. The molecule has 1 aliphatic carbocycles. The van der Waals surface area contributed by atoms with Gasteiger partial charge in [-0.3, -0.25) is 4.79 Å². The summed E-state index contributed by atoms with van der Waals surface area (Å²) in [7, 11) is 1.70. The van der Waals surface area contributed by atoms with E-state index < -0.39 is 0 Å². The van der Waals surface area contributed by atoms with E-state index in [0.29, 0.717) is 18.2 Å². The van der Waals surface area contributed by atoms with Crippen LogP contribution >= 0.6 is 0 Å². The average Bonchev–Trinajstić information content (AvgIpc) is 2.75. The lowest BCUT2D eigenvalue weighted by Gasteiger charge is -2.26. The molecule has 6 heteroatoms. The van der Waals surface area contributed by atoms with Gasteiger partial charge in [0.1, 0.15) is 5.78 Å². The van der Waals surface area contributed by atoms with Gasteiger partial charge in [0.2, 0.25) is 0 Å². The molecule has 2 N–H and O–H groups in total. The van der Waals surface area contributed by atoms with Crippen molar-refractivity contribution >= 4 is 5.78 Å². The van der Waals surface area contributed by atoms with Gasteiger partial charge in [-0.05, 0) is 43.4 Å². The minimum absolute atomic E-state index is 0.168. The Hall–Kier alpha value is -1.30. The second-order valence-corrected chi connectivity index (χ2v) is 4.79. The topological polar surface area (TPSA) is 86.7 Å². The highest BCUT2D eigenvalue weighted by atomic mass is 16.1. The third-order valence-corrected chi connectivity index (χ3v) is 3.52. The number of Topliss-reactive ketones (excluding diaryl/α,β-unsaturated/α-hetero) is 1. The lowest BCUT2D eigenvalue weighted by atomic mass is 9.79. The number of aromatic nitrogens is 4. The van der Waals surface area contributed by atoms with Crippen LogP contribution in [0.25, 0.3) is 0 Å². The molecule has 0 bridgehead atoms. The van der Waals surface area contributed by atoms with Gasteiger partial charge in [-0.1, -0.05) is 0 Å². The van der Waals surface area contributed by atoms with Crippen molar-refractivity contribution in [2.45, 2.75) is 32.1 Å². The highest BCUT2D eigenvalue weighted by Crippen LogP contribution is 2.29. The van der Waals surface area contributed by atoms with E-state index in [2.05, 4.69) is 15.4 Å². The van der Waals surface area contributed by atoms with E-state index in [1.807, 2.05) is 0 Å². The molecule has 17 heavy (non-hydrogen) atoms. The minimum atomic E-state index is 0.168.